The van der Waals surface area contributed by atoms with Crippen molar-refractivity contribution in [1.29, 1.82) is 0 Å². The first-order valence-electron chi connectivity index (χ1n) is 7.02. The number of aliphatic hydroxyl groups is 1. The van der Waals surface area contributed by atoms with E-state index >= 15 is 0 Å². The molecule has 1 aromatic carbocycles. The summed E-state index contributed by atoms with van der Waals surface area (Å²) in [5, 5.41) is 9.68. The van der Waals surface area contributed by atoms with Gasteiger partial charge in [-0.25, -0.2) is 0 Å². The number of hydrogen-bond acceptors (Lipinski definition) is 4. The molecule has 4 nitrogen and oxygen atoms in total. The number of β-amino-alcohol motifs (C(OH)–C–C–N with tert-alkyl or cyclic N) is 1. The summed E-state index contributed by atoms with van der Waals surface area (Å²) in [6.45, 7) is 6.89. The molecule has 1 fully saturated rings. The molecule has 106 valence electrons. The maximum atomic E-state index is 9.68. The molecule has 0 radical (unpaired) electrons. The number of anilines is 1. The van der Waals surface area contributed by atoms with Gasteiger partial charge in [0.25, 0.3) is 0 Å². The molecule has 1 heterocycles. The summed E-state index contributed by atoms with van der Waals surface area (Å²) in [5.74, 6) is 0.897. The molecule has 1 atom stereocenters. The number of benzene rings is 1. The molecule has 0 bridgehead atoms. The smallest absolute Gasteiger partial charge is 0.119 e. The van der Waals surface area contributed by atoms with Crippen LogP contribution in [-0.2, 0) is 0 Å². The number of hydrogen-bond donors (Lipinski definition) is 1. The molecule has 0 saturated carbocycles. The van der Waals surface area contributed by atoms with Gasteiger partial charge in [-0.1, -0.05) is 6.92 Å². The van der Waals surface area contributed by atoms with Crippen molar-refractivity contribution in [3.05, 3.63) is 24.3 Å². The van der Waals surface area contributed by atoms with Crippen LogP contribution in [0.4, 0.5) is 5.69 Å². The van der Waals surface area contributed by atoms with Gasteiger partial charge in [0, 0.05) is 38.4 Å². The van der Waals surface area contributed by atoms with Gasteiger partial charge in [0.2, 0.25) is 0 Å². The van der Waals surface area contributed by atoms with E-state index in [2.05, 4.69) is 21.9 Å². The minimum absolute atomic E-state index is 0.187. The van der Waals surface area contributed by atoms with E-state index in [4.69, 9.17) is 4.74 Å². The van der Waals surface area contributed by atoms with Gasteiger partial charge in [-0.2, -0.15) is 0 Å². The Kier molecular flexibility index (Phi) is 5.05. The molecular weight excluding hydrogens is 240 g/mol. The van der Waals surface area contributed by atoms with E-state index in [9.17, 15) is 5.11 Å². The number of ether oxygens (including phenoxy) is 1. The Morgan fingerprint density at radius 2 is 1.79 bits per heavy atom. The van der Waals surface area contributed by atoms with Crippen molar-refractivity contribution < 1.29 is 9.84 Å². The van der Waals surface area contributed by atoms with Crippen LogP contribution in [0.25, 0.3) is 0 Å². The van der Waals surface area contributed by atoms with Crippen molar-refractivity contribution in [3.63, 3.8) is 0 Å². The lowest BCUT2D eigenvalue weighted by Crippen LogP contribution is -2.48. The number of aliphatic hydroxyl groups excluding tert-OH is 1. The molecule has 1 aliphatic rings. The zero-order valence-corrected chi connectivity index (χ0v) is 11.9. The summed E-state index contributed by atoms with van der Waals surface area (Å²) in [7, 11) is 1.69. The standard InChI is InChI=1S/C15H24N2O2/c1-3-14(18)12-16-8-10-17(11-9-16)13-4-6-15(19-2)7-5-13/h4-7,14,18H,3,8-12H2,1-2H3/t14-/m1/s1. The summed E-state index contributed by atoms with van der Waals surface area (Å²) < 4.78 is 5.18. The van der Waals surface area contributed by atoms with Gasteiger partial charge < -0.3 is 14.7 Å². The molecule has 2 rings (SSSR count). The van der Waals surface area contributed by atoms with Gasteiger partial charge in [-0.15, -0.1) is 0 Å². The topological polar surface area (TPSA) is 35.9 Å². The molecule has 0 spiro atoms. The molecule has 1 aromatic rings. The molecule has 1 aliphatic heterocycles. The molecule has 19 heavy (non-hydrogen) atoms. The van der Waals surface area contributed by atoms with E-state index in [-0.39, 0.29) is 6.10 Å². The van der Waals surface area contributed by atoms with E-state index in [1.807, 2.05) is 19.1 Å². The molecule has 0 aliphatic carbocycles. The number of piperazine rings is 1. The van der Waals surface area contributed by atoms with Crippen LogP contribution in [0.3, 0.4) is 0 Å². The van der Waals surface area contributed by atoms with Gasteiger partial charge in [0.05, 0.1) is 13.2 Å². The van der Waals surface area contributed by atoms with Crippen molar-refractivity contribution in [2.75, 3.05) is 44.7 Å². The second-order valence-corrected chi connectivity index (χ2v) is 5.05. The van der Waals surface area contributed by atoms with E-state index in [1.165, 1.54) is 5.69 Å². The molecule has 0 unspecified atom stereocenters. The highest BCUT2D eigenvalue weighted by Crippen LogP contribution is 2.20. The van der Waals surface area contributed by atoms with Crippen molar-refractivity contribution in [3.8, 4) is 5.75 Å². The first kappa shape index (κ1) is 14.2. The van der Waals surface area contributed by atoms with Crippen LogP contribution in [0.5, 0.6) is 5.75 Å². The Labute approximate surface area is 115 Å². The average molecular weight is 264 g/mol. The van der Waals surface area contributed by atoms with Crippen LogP contribution in [0.15, 0.2) is 24.3 Å². The van der Waals surface area contributed by atoms with Crippen molar-refractivity contribution in [1.82, 2.24) is 4.90 Å². The second-order valence-electron chi connectivity index (χ2n) is 5.05. The van der Waals surface area contributed by atoms with Gasteiger partial charge in [0.1, 0.15) is 5.75 Å². The third kappa shape index (κ3) is 3.85. The highest BCUT2D eigenvalue weighted by molar-refractivity contribution is 5.49. The fraction of sp³-hybridized carbons (Fsp3) is 0.600. The Hall–Kier alpha value is -1.26. The average Bonchev–Trinajstić information content (AvgIpc) is 2.48. The summed E-state index contributed by atoms with van der Waals surface area (Å²) in [5.41, 5.74) is 1.25. The first-order chi connectivity index (χ1) is 9.22. The van der Waals surface area contributed by atoms with Crippen molar-refractivity contribution in [2.45, 2.75) is 19.4 Å². The molecule has 0 aromatic heterocycles. The molecule has 1 N–H and O–H groups in total. The lowest BCUT2D eigenvalue weighted by atomic mass is 10.2. The summed E-state index contributed by atoms with van der Waals surface area (Å²) in [6, 6.07) is 8.22. The van der Waals surface area contributed by atoms with E-state index in [1.54, 1.807) is 7.11 Å². The quantitative estimate of drug-likeness (QED) is 0.876. The van der Waals surface area contributed by atoms with Crippen LogP contribution in [0.1, 0.15) is 13.3 Å². The summed E-state index contributed by atoms with van der Waals surface area (Å²) >= 11 is 0. The van der Waals surface area contributed by atoms with Gasteiger partial charge in [-0.3, -0.25) is 4.90 Å². The third-order valence-corrected chi connectivity index (χ3v) is 3.75. The number of methoxy groups -OCH3 is 1. The van der Waals surface area contributed by atoms with Crippen LogP contribution < -0.4 is 9.64 Å². The molecule has 0 amide bonds. The zero-order valence-electron chi connectivity index (χ0n) is 11.9. The molecular formula is C15H24N2O2. The SMILES string of the molecule is CC[C@@H](O)CN1CCN(c2ccc(OC)cc2)CC1. The van der Waals surface area contributed by atoms with Crippen LogP contribution in [0.2, 0.25) is 0 Å². The fourth-order valence-electron chi connectivity index (χ4n) is 2.41. The predicted octanol–water partition coefficient (Wildman–Crippen LogP) is 1.59. The Balaban J connectivity index is 1.85. The maximum Gasteiger partial charge on any atom is 0.119 e. The van der Waals surface area contributed by atoms with Gasteiger partial charge in [-0.05, 0) is 30.7 Å². The van der Waals surface area contributed by atoms with E-state index < -0.39 is 0 Å². The van der Waals surface area contributed by atoms with E-state index in [0.717, 1.165) is 44.9 Å². The highest BCUT2D eigenvalue weighted by atomic mass is 16.5. The van der Waals surface area contributed by atoms with E-state index in [0.29, 0.717) is 0 Å². The largest absolute Gasteiger partial charge is 0.497 e. The Bertz CT molecular complexity index is 372. The Morgan fingerprint density at radius 3 is 2.32 bits per heavy atom. The fourth-order valence-corrected chi connectivity index (χ4v) is 2.41. The zero-order chi connectivity index (χ0) is 13.7. The summed E-state index contributed by atoms with van der Waals surface area (Å²) in [6.07, 6.45) is 0.645. The lowest BCUT2D eigenvalue weighted by Gasteiger charge is -2.36. The minimum Gasteiger partial charge on any atom is -0.497 e. The normalized spacial score (nSPS) is 18.4. The summed E-state index contributed by atoms with van der Waals surface area (Å²) in [4.78, 5) is 4.72. The monoisotopic (exact) mass is 264 g/mol. The number of nitrogens with zero attached hydrogens (tertiary/aromatic N) is 2. The van der Waals surface area contributed by atoms with Crippen molar-refractivity contribution >= 4 is 5.69 Å². The van der Waals surface area contributed by atoms with Gasteiger partial charge >= 0.3 is 0 Å². The molecule has 4 heteroatoms. The van der Waals surface area contributed by atoms with Gasteiger partial charge in [0.15, 0.2) is 0 Å². The Morgan fingerprint density at radius 1 is 1.16 bits per heavy atom. The predicted molar refractivity (Wildman–Crippen MR) is 77.9 cm³/mol. The highest BCUT2D eigenvalue weighted by Gasteiger charge is 2.18. The lowest BCUT2D eigenvalue weighted by molar-refractivity contribution is 0.106. The van der Waals surface area contributed by atoms with Crippen molar-refractivity contribution in [2.24, 2.45) is 0 Å². The van der Waals surface area contributed by atoms with Crippen LogP contribution in [-0.4, -0.2) is 55.9 Å². The first-order valence-corrected chi connectivity index (χ1v) is 7.02. The minimum atomic E-state index is -0.187. The van der Waals surface area contributed by atoms with Crippen LogP contribution in [0, 0.1) is 0 Å². The molecule has 1 saturated heterocycles. The second kappa shape index (κ2) is 6.78. The van der Waals surface area contributed by atoms with Crippen LogP contribution >= 0.6 is 0 Å². The number of rotatable bonds is 5. The maximum absolute atomic E-state index is 9.68. The third-order valence-electron chi connectivity index (χ3n) is 3.75.